The van der Waals surface area contributed by atoms with Crippen LogP contribution in [0, 0.1) is 0 Å². The van der Waals surface area contributed by atoms with Gasteiger partial charge in [-0.05, 0) is 12.1 Å². The van der Waals surface area contributed by atoms with E-state index in [0.717, 1.165) is 0 Å². The van der Waals surface area contributed by atoms with Gasteiger partial charge in [0, 0.05) is 37.8 Å². The molecule has 0 amide bonds. The molecule has 0 spiro atoms. The lowest BCUT2D eigenvalue weighted by molar-refractivity contribution is -0.101. The topological polar surface area (TPSA) is 51.6 Å². The van der Waals surface area contributed by atoms with Crippen LogP contribution in [0.2, 0.25) is 5.02 Å². The van der Waals surface area contributed by atoms with Crippen molar-refractivity contribution in [3.05, 3.63) is 35.0 Å². The summed E-state index contributed by atoms with van der Waals surface area (Å²) in [7, 11) is 3.12. The van der Waals surface area contributed by atoms with Gasteiger partial charge in [-0.3, -0.25) is 4.98 Å². The molecule has 1 aromatic heterocycles. The van der Waals surface area contributed by atoms with Crippen molar-refractivity contribution in [2.24, 2.45) is 0 Å². The lowest BCUT2D eigenvalue weighted by atomic mass is 10.1. The van der Waals surface area contributed by atoms with Gasteiger partial charge in [-0.25, -0.2) is 0 Å². The molecule has 4 nitrogen and oxygen atoms in total. The Labute approximate surface area is 110 Å². The van der Waals surface area contributed by atoms with E-state index < -0.39 is 6.29 Å². The van der Waals surface area contributed by atoms with Crippen molar-refractivity contribution in [1.29, 1.82) is 0 Å². The first-order valence-corrected chi connectivity index (χ1v) is 5.86. The van der Waals surface area contributed by atoms with Gasteiger partial charge in [-0.15, -0.1) is 0 Å². The van der Waals surface area contributed by atoms with Crippen molar-refractivity contribution in [2.45, 2.75) is 12.7 Å². The maximum atomic E-state index is 9.95. The lowest BCUT2D eigenvalue weighted by Gasteiger charge is -2.13. The van der Waals surface area contributed by atoms with Crippen LogP contribution < -0.4 is 0 Å². The van der Waals surface area contributed by atoms with Crippen LogP contribution in [0.5, 0.6) is 5.75 Å². The van der Waals surface area contributed by atoms with Gasteiger partial charge in [0.05, 0.1) is 10.5 Å². The number of aromatic hydroxyl groups is 1. The van der Waals surface area contributed by atoms with Crippen LogP contribution >= 0.6 is 11.6 Å². The van der Waals surface area contributed by atoms with Gasteiger partial charge in [-0.2, -0.15) is 0 Å². The molecule has 0 aliphatic rings. The largest absolute Gasteiger partial charge is 0.507 e. The van der Waals surface area contributed by atoms with Gasteiger partial charge in [0.2, 0.25) is 0 Å². The highest BCUT2D eigenvalue weighted by Crippen LogP contribution is 2.29. The number of ether oxygens (including phenoxy) is 2. The molecule has 5 heteroatoms. The van der Waals surface area contributed by atoms with Crippen LogP contribution in [0.1, 0.15) is 5.69 Å². The molecule has 0 bridgehead atoms. The van der Waals surface area contributed by atoms with E-state index in [1.807, 2.05) is 0 Å². The molecule has 0 radical (unpaired) electrons. The van der Waals surface area contributed by atoms with Crippen LogP contribution in [-0.4, -0.2) is 30.6 Å². The van der Waals surface area contributed by atoms with E-state index in [9.17, 15) is 5.11 Å². The Morgan fingerprint density at radius 2 is 2.06 bits per heavy atom. The summed E-state index contributed by atoms with van der Waals surface area (Å²) >= 11 is 6.07. The number of rotatable bonds is 4. The van der Waals surface area contributed by atoms with Gasteiger partial charge in [0.15, 0.2) is 6.29 Å². The number of pyridine rings is 1. The average molecular weight is 268 g/mol. The van der Waals surface area contributed by atoms with Crippen molar-refractivity contribution in [1.82, 2.24) is 4.98 Å². The van der Waals surface area contributed by atoms with Crippen LogP contribution in [0.3, 0.4) is 0 Å². The van der Waals surface area contributed by atoms with E-state index >= 15 is 0 Å². The van der Waals surface area contributed by atoms with E-state index in [2.05, 4.69) is 4.98 Å². The van der Waals surface area contributed by atoms with Crippen LogP contribution in [0.15, 0.2) is 24.3 Å². The molecule has 0 saturated carbocycles. The Morgan fingerprint density at radius 1 is 1.33 bits per heavy atom. The molecule has 96 valence electrons. The van der Waals surface area contributed by atoms with Crippen LogP contribution in [0.4, 0.5) is 0 Å². The summed E-state index contributed by atoms with van der Waals surface area (Å²) < 4.78 is 10.2. The summed E-state index contributed by atoms with van der Waals surface area (Å²) in [5, 5.41) is 11.1. The second-order valence-corrected chi connectivity index (χ2v) is 4.28. The zero-order chi connectivity index (χ0) is 13.1. The SMILES string of the molecule is COC(Cc1cc(O)c2cccc(Cl)c2n1)OC. The zero-order valence-corrected chi connectivity index (χ0v) is 10.9. The number of aromatic nitrogens is 1. The number of methoxy groups -OCH3 is 2. The zero-order valence-electron chi connectivity index (χ0n) is 10.2. The van der Waals surface area contributed by atoms with Crippen molar-refractivity contribution in [3.8, 4) is 5.75 Å². The smallest absolute Gasteiger partial charge is 0.162 e. The van der Waals surface area contributed by atoms with Crippen molar-refractivity contribution < 1.29 is 14.6 Å². The highest BCUT2D eigenvalue weighted by molar-refractivity contribution is 6.35. The predicted octanol–water partition coefficient (Wildman–Crippen LogP) is 2.76. The molecule has 0 fully saturated rings. The number of para-hydroxylation sites is 1. The Kier molecular flexibility index (Phi) is 4.01. The van der Waals surface area contributed by atoms with Gasteiger partial charge < -0.3 is 14.6 Å². The van der Waals surface area contributed by atoms with Gasteiger partial charge >= 0.3 is 0 Å². The Hall–Kier alpha value is -1.36. The van der Waals surface area contributed by atoms with Crippen molar-refractivity contribution in [3.63, 3.8) is 0 Å². The molecule has 2 aromatic rings. The Bertz CT molecular complexity index is 555. The fourth-order valence-electron chi connectivity index (χ4n) is 1.79. The number of hydrogen-bond acceptors (Lipinski definition) is 4. The first-order chi connectivity index (χ1) is 8.65. The van der Waals surface area contributed by atoms with Crippen LogP contribution in [0.25, 0.3) is 10.9 Å². The summed E-state index contributed by atoms with van der Waals surface area (Å²) in [4.78, 5) is 4.42. The minimum absolute atomic E-state index is 0.156. The second kappa shape index (κ2) is 5.52. The summed E-state index contributed by atoms with van der Waals surface area (Å²) in [6.45, 7) is 0. The monoisotopic (exact) mass is 267 g/mol. The third kappa shape index (κ3) is 2.56. The lowest BCUT2D eigenvalue weighted by Crippen LogP contribution is -2.16. The maximum absolute atomic E-state index is 9.95. The van der Waals surface area contributed by atoms with Gasteiger partial charge in [-0.1, -0.05) is 17.7 Å². The van der Waals surface area contributed by atoms with E-state index in [1.54, 1.807) is 38.5 Å². The molecule has 0 aliphatic heterocycles. The first kappa shape index (κ1) is 13.1. The Balaban J connectivity index is 2.45. The molecule has 18 heavy (non-hydrogen) atoms. The second-order valence-electron chi connectivity index (χ2n) is 3.87. The molecule has 1 aromatic carbocycles. The molecular formula is C13H14ClNO3. The molecule has 0 unspecified atom stereocenters. The highest BCUT2D eigenvalue weighted by atomic mass is 35.5. The van der Waals surface area contributed by atoms with E-state index in [1.165, 1.54) is 0 Å². The summed E-state index contributed by atoms with van der Waals surface area (Å²) in [5.74, 6) is 0.156. The number of halogens is 1. The summed E-state index contributed by atoms with van der Waals surface area (Å²) in [6.07, 6.45) is 0.0543. The molecule has 0 aliphatic carbocycles. The quantitative estimate of drug-likeness (QED) is 0.866. The molecule has 2 rings (SSSR count). The Morgan fingerprint density at radius 3 is 2.72 bits per heavy atom. The minimum atomic E-state index is -0.392. The predicted molar refractivity (Wildman–Crippen MR) is 69.9 cm³/mol. The minimum Gasteiger partial charge on any atom is -0.507 e. The third-order valence-electron chi connectivity index (χ3n) is 2.72. The highest BCUT2D eigenvalue weighted by Gasteiger charge is 2.12. The summed E-state index contributed by atoms with van der Waals surface area (Å²) in [5.41, 5.74) is 1.25. The molecule has 0 saturated heterocycles. The third-order valence-corrected chi connectivity index (χ3v) is 3.03. The fourth-order valence-corrected chi connectivity index (χ4v) is 2.00. The van der Waals surface area contributed by atoms with Crippen molar-refractivity contribution in [2.75, 3.05) is 14.2 Å². The molecule has 0 atom stereocenters. The first-order valence-electron chi connectivity index (χ1n) is 5.48. The maximum Gasteiger partial charge on any atom is 0.162 e. The van der Waals surface area contributed by atoms with Gasteiger partial charge in [0.25, 0.3) is 0 Å². The normalized spacial score (nSPS) is 11.3. The van der Waals surface area contributed by atoms with Crippen molar-refractivity contribution >= 4 is 22.5 Å². The number of nitrogens with zero attached hydrogens (tertiary/aromatic N) is 1. The van der Waals surface area contributed by atoms with Gasteiger partial charge in [0.1, 0.15) is 5.75 Å². The average Bonchev–Trinajstić information content (AvgIpc) is 2.37. The molecule has 1 N–H and O–H groups in total. The number of hydrogen-bond donors (Lipinski definition) is 1. The standard InChI is InChI=1S/C13H14ClNO3/c1-17-12(18-2)7-8-6-11(16)9-4-3-5-10(14)13(9)15-8/h3-6,12H,7H2,1-2H3,(H,15,16). The van der Waals surface area contributed by atoms with E-state index in [0.29, 0.717) is 28.0 Å². The fraction of sp³-hybridized carbons (Fsp3) is 0.308. The summed E-state index contributed by atoms with van der Waals surface area (Å²) in [6, 6.07) is 6.89. The molecular weight excluding hydrogens is 254 g/mol. The number of benzene rings is 1. The van der Waals surface area contributed by atoms with Crippen LogP contribution in [-0.2, 0) is 15.9 Å². The number of fused-ring (bicyclic) bond motifs is 1. The van der Waals surface area contributed by atoms with E-state index in [-0.39, 0.29) is 5.75 Å². The molecule has 1 heterocycles. The van der Waals surface area contributed by atoms with E-state index in [4.69, 9.17) is 21.1 Å².